The molecule has 4 rings (SSSR count). The van der Waals surface area contributed by atoms with Gasteiger partial charge in [0.1, 0.15) is 22.9 Å². The topological polar surface area (TPSA) is 61.9 Å². The number of nitrogens with one attached hydrogen (secondary N) is 1. The third kappa shape index (κ3) is 3.81. The smallest absolute Gasteiger partial charge is 0.253 e. The van der Waals surface area contributed by atoms with E-state index in [1.54, 1.807) is 19.2 Å². The van der Waals surface area contributed by atoms with Gasteiger partial charge < -0.3 is 19.9 Å². The third-order valence-electron chi connectivity index (χ3n) is 5.30. The van der Waals surface area contributed by atoms with Gasteiger partial charge in [-0.15, -0.1) is 0 Å². The summed E-state index contributed by atoms with van der Waals surface area (Å²) < 4.78 is 18.3. The van der Waals surface area contributed by atoms with Gasteiger partial charge in [-0.05, 0) is 42.0 Å². The second-order valence-electron chi connectivity index (χ2n) is 7.03. The van der Waals surface area contributed by atoms with Gasteiger partial charge in [-0.2, -0.15) is 0 Å². The van der Waals surface area contributed by atoms with Crippen LogP contribution >= 0.6 is 0 Å². The van der Waals surface area contributed by atoms with Crippen LogP contribution in [0.1, 0.15) is 5.56 Å². The molecule has 0 aliphatic carbocycles. The Hall–Kier alpha value is -3.35. The van der Waals surface area contributed by atoms with Crippen molar-refractivity contribution in [3.63, 3.8) is 0 Å². The van der Waals surface area contributed by atoms with Crippen molar-refractivity contribution in [2.24, 2.45) is 0 Å². The Morgan fingerprint density at radius 2 is 1.52 bits per heavy atom. The summed E-state index contributed by atoms with van der Waals surface area (Å²) in [6, 6.07) is 13.9. The van der Waals surface area contributed by atoms with Crippen molar-refractivity contribution in [2.75, 3.05) is 48.4 Å². The number of nitrogens with zero attached hydrogens (tertiary/aromatic N) is 2. The van der Waals surface area contributed by atoms with Gasteiger partial charge in [0.05, 0.1) is 7.11 Å². The van der Waals surface area contributed by atoms with Crippen molar-refractivity contribution in [3.8, 4) is 5.75 Å². The molecule has 29 heavy (non-hydrogen) atoms. The van der Waals surface area contributed by atoms with Gasteiger partial charge in [0.2, 0.25) is 0 Å². The third-order valence-corrected chi connectivity index (χ3v) is 5.30. The van der Waals surface area contributed by atoms with Gasteiger partial charge in [-0.1, -0.05) is 12.1 Å². The maximum Gasteiger partial charge on any atom is 0.253 e. The molecule has 0 unspecified atom stereocenters. The van der Waals surface area contributed by atoms with E-state index in [4.69, 9.17) is 4.74 Å². The summed E-state index contributed by atoms with van der Waals surface area (Å²) in [7, 11) is 1.61. The number of halogens is 1. The normalized spacial score (nSPS) is 14.3. The molecule has 0 bridgehead atoms. The molecule has 1 heterocycles. The zero-order valence-corrected chi connectivity index (χ0v) is 16.2. The fourth-order valence-corrected chi connectivity index (χ4v) is 3.62. The van der Waals surface area contributed by atoms with Crippen LogP contribution in [-0.4, -0.2) is 33.3 Å². The van der Waals surface area contributed by atoms with Gasteiger partial charge in [-0.25, -0.2) is 4.39 Å². The Kier molecular flexibility index (Phi) is 5.20. The van der Waals surface area contributed by atoms with E-state index in [1.165, 1.54) is 12.1 Å². The standard InChI is InChI=1S/C22H22FN3O3/c1-29-18-8-2-15(3-9-18)14-24-19-20(22(28)21(19)27)26-12-10-25(11-13-26)17-6-4-16(23)5-7-17/h2-9,24H,10-14H2,1H3. The molecule has 3 aromatic rings. The minimum absolute atomic E-state index is 0.260. The minimum Gasteiger partial charge on any atom is -0.497 e. The summed E-state index contributed by atoms with van der Waals surface area (Å²) >= 11 is 0. The van der Waals surface area contributed by atoms with Crippen LogP contribution in [0.4, 0.5) is 21.5 Å². The van der Waals surface area contributed by atoms with Crippen LogP contribution < -0.4 is 30.7 Å². The first-order valence-corrected chi connectivity index (χ1v) is 9.52. The monoisotopic (exact) mass is 395 g/mol. The van der Waals surface area contributed by atoms with E-state index < -0.39 is 10.9 Å². The number of hydrogen-bond donors (Lipinski definition) is 1. The molecule has 0 spiro atoms. The Morgan fingerprint density at radius 1 is 0.897 bits per heavy atom. The molecule has 1 aliphatic heterocycles. The highest BCUT2D eigenvalue weighted by Gasteiger charge is 2.28. The molecule has 1 saturated heterocycles. The zero-order chi connectivity index (χ0) is 20.4. The molecular formula is C22H22FN3O3. The zero-order valence-electron chi connectivity index (χ0n) is 16.2. The predicted molar refractivity (Wildman–Crippen MR) is 113 cm³/mol. The molecule has 1 aliphatic rings. The number of hydrogen-bond acceptors (Lipinski definition) is 6. The van der Waals surface area contributed by atoms with Crippen LogP contribution in [0.5, 0.6) is 5.75 Å². The van der Waals surface area contributed by atoms with Gasteiger partial charge in [0, 0.05) is 38.4 Å². The molecule has 0 amide bonds. The summed E-state index contributed by atoms with van der Waals surface area (Å²) in [5.41, 5.74) is 1.91. The lowest BCUT2D eigenvalue weighted by molar-refractivity contribution is 0.414. The number of ether oxygens (including phenoxy) is 1. The van der Waals surface area contributed by atoms with Crippen molar-refractivity contribution in [1.82, 2.24) is 0 Å². The number of anilines is 3. The average Bonchev–Trinajstić information content (AvgIpc) is 2.77. The maximum absolute atomic E-state index is 13.1. The lowest BCUT2D eigenvalue weighted by atomic mass is 10.1. The summed E-state index contributed by atoms with van der Waals surface area (Å²) in [4.78, 5) is 28.4. The van der Waals surface area contributed by atoms with E-state index in [2.05, 4.69) is 10.2 Å². The molecule has 150 valence electrons. The molecule has 0 atom stereocenters. The van der Waals surface area contributed by atoms with Crippen molar-refractivity contribution in [3.05, 3.63) is 80.4 Å². The first-order valence-electron chi connectivity index (χ1n) is 9.52. The van der Waals surface area contributed by atoms with Crippen LogP contribution in [-0.2, 0) is 6.54 Å². The Labute approximate surface area is 167 Å². The molecule has 1 fully saturated rings. The second kappa shape index (κ2) is 7.95. The highest BCUT2D eigenvalue weighted by atomic mass is 19.1. The molecule has 3 aromatic carbocycles. The van der Waals surface area contributed by atoms with Crippen molar-refractivity contribution < 1.29 is 9.13 Å². The summed E-state index contributed by atoms with van der Waals surface area (Å²) in [5.74, 6) is 0.506. The van der Waals surface area contributed by atoms with Crippen LogP contribution in [0.2, 0.25) is 0 Å². The van der Waals surface area contributed by atoms with Crippen LogP contribution in [0.3, 0.4) is 0 Å². The van der Waals surface area contributed by atoms with E-state index in [0.29, 0.717) is 44.1 Å². The van der Waals surface area contributed by atoms with Crippen molar-refractivity contribution in [2.45, 2.75) is 6.54 Å². The number of rotatable bonds is 6. The van der Waals surface area contributed by atoms with Crippen molar-refractivity contribution >= 4 is 17.1 Å². The molecule has 0 saturated carbocycles. The largest absolute Gasteiger partial charge is 0.497 e. The highest BCUT2D eigenvalue weighted by Crippen LogP contribution is 2.24. The van der Waals surface area contributed by atoms with Gasteiger partial charge in [0.15, 0.2) is 0 Å². The molecular weight excluding hydrogens is 373 g/mol. The highest BCUT2D eigenvalue weighted by molar-refractivity contribution is 5.75. The van der Waals surface area contributed by atoms with E-state index in [1.807, 2.05) is 29.2 Å². The van der Waals surface area contributed by atoms with Gasteiger partial charge in [0.25, 0.3) is 10.9 Å². The maximum atomic E-state index is 13.1. The van der Waals surface area contributed by atoms with Gasteiger partial charge >= 0.3 is 0 Å². The second-order valence-corrected chi connectivity index (χ2v) is 7.03. The van der Waals surface area contributed by atoms with E-state index in [-0.39, 0.29) is 5.82 Å². The molecule has 6 nitrogen and oxygen atoms in total. The molecule has 0 radical (unpaired) electrons. The minimum atomic E-state index is -0.463. The summed E-state index contributed by atoms with van der Waals surface area (Å²) in [6.45, 7) is 3.10. The summed E-state index contributed by atoms with van der Waals surface area (Å²) in [5, 5.41) is 3.12. The van der Waals surface area contributed by atoms with E-state index >= 15 is 0 Å². The van der Waals surface area contributed by atoms with Gasteiger partial charge in [-0.3, -0.25) is 9.59 Å². The number of methoxy groups -OCH3 is 1. The number of piperazine rings is 1. The lowest BCUT2D eigenvalue weighted by Crippen LogP contribution is -2.51. The molecule has 1 N–H and O–H groups in total. The van der Waals surface area contributed by atoms with Crippen molar-refractivity contribution in [1.29, 1.82) is 0 Å². The molecule has 7 heteroatoms. The van der Waals surface area contributed by atoms with Crippen LogP contribution in [0.25, 0.3) is 0 Å². The average molecular weight is 395 g/mol. The summed E-state index contributed by atoms with van der Waals surface area (Å²) in [6.07, 6.45) is 0. The quantitative estimate of drug-likeness (QED) is 0.647. The first kappa shape index (κ1) is 19.0. The Balaban J connectivity index is 1.41. The predicted octanol–water partition coefficient (Wildman–Crippen LogP) is 2.37. The fraction of sp³-hybridized carbons (Fsp3) is 0.273. The number of benzene rings is 2. The van der Waals surface area contributed by atoms with E-state index in [9.17, 15) is 14.0 Å². The van der Waals surface area contributed by atoms with Crippen LogP contribution in [0.15, 0.2) is 58.1 Å². The SMILES string of the molecule is COc1ccc(CNc2c(N3CCN(c4ccc(F)cc4)CC3)c(=O)c2=O)cc1. The lowest BCUT2D eigenvalue weighted by Gasteiger charge is -2.38. The van der Waals surface area contributed by atoms with E-state index in [0.717, 1.165) is 17.0 Å². The van der Waals surface area contributed by atoms with Crippen LogP contribution in [0, 0.1) is 5.82 Å². The first-order chi connectivity index (χ1) is 14.1. The Morgan fingerprint density at radius 3 is 2.14 bits per heavy atom. The fourth-order valence-electron chi connectivity index (χ4n) is 3.62. The Bertz CT molecular complexity index is 1050. The molecule has 0 aromatic heterocycles.